The van der Waals surface area contributed by atoms with Crippen LogP contribution < -0.4 is 15.3 Å². The third-order valence-corrected chi connectivity index (χ3v) is 8.12. The number of nitrogen functional groups attached to an aromatic ring is 1. The van der Waals surface area contributed by atoms with Gasteiger partial charge in [0, 0.05) is 0 Å². The quantitative estimate of drug-likeness (QED) is 0.134. The Kier molecular flexibility index (Phi) is 8.72. The Morgan fingerprint density at radius 2 is 2.00 bits per heavy atom. The standard InChI is InChI=1S/C23H29Cl2N6O7P/c1-12(2)36-20(33)13(3)30-39(34,38-14-8-6-5-7-9-14)35-10-15-17(32)23(4,25)21(37-15)31-11-27-16-18(24)28-22(26)29-19(16)31/h5-9,11-13,15,17,21,32H,10H2,1-4H3,(H,30,34)(H2,26,28,29)/t13-,15-,17-,21-,23-,39?/m1/s1. The van der Waals surface area contributed by atoms with Crippen molar-refractivity contribution in [2.24, 2.45) is 0 Å². The van der Waals surface area contributed by atoms with Crippen LogP contribution in [0.2, 0.25) is 5.15 Å². The molecule has 3 heterocycles. The molecule has 212 valence electrons. The molecule has 1 aliphatic rings. The summed E-state index contributed by atoms with van der Waals surface area (Å²) in [5, 5.41) is 13.7. The van der Waals surface area contributed by atoms with Gasteiger partial charge >= 0.3 is 13.7 Å². The number of benzene rings is 1. The number of anilines is 1. The normalized spacial score (nSPS) is 25.5. The maximum absolute atomic E-state index is 13.8. The minimum atomic E-state index is -4.21. The van der Waals surface area contributed by atoms with E-state index < -0.39 is 49.7 Å². The second kappa shape index (κ2) is 11.5. The Labute approximate surface area is 234 Å². The van der Waals surface area contributed by atoms with Gasteiger partial charge in [-0.25, -0.2) is 9.55 Å². The van der Waals surface area contributed by atoms with E-state index in [1.165, 1.54) is 17.8 Å². The summed E-state index contributed by atoms with van der Waals surface area (Å²) in [5.74, 6) is -0.508. The first-order chi connectivity index (χ1) is 18.3. The Morgan fingerprint density at radius 1 is 1.31 bits per heavy atom. The van der Waals surface area contributed by atoms with Gasteiger partial charge in [0.05, 0.1) is 19.0 Å². The minimum absolute atomic E-state index is 0.0427. The number of nitrogens with one attached hydrogen (secondary N) is 1. The molecule has 0 bridgehead atoms. The van der Waals surface area contributed by atoms with Crippen LogP contribution in [0.4, 0.5) is 5.95 Å². The number of ether oxygens (including phenoxy) is 2. The average Bonchev–Trinajstić information content (AvgIpc) is 3.36. The van der Waals surface area contributed by atoms with Gasteiger partial charge in [-0.2, -0.15) is 15.1 Å². The highest BCUT2D eigenvalue weighted by atomic mass is 35.5. The summed E-state index contributed by atoms with van der Waals surface area (Å²) in [6.45, 7) is 5.98. The van der Waals surface area contributed by atoms with Crippen molar-refractivity contribution < 1.29 is 33.0 Å². The number of imidazole rings is 1. The number of para-hydroxylation sites is 1. The van der Waals surface area contributed by atoms with Crippen LogP contribution >= 0.6 is 30.9 Å². The minimum Gasteiger partial charge on any atom is -0.462 e. The number of carbonyl (C=O) groups is 1. The Hall–Kier alpha value is -2.51. The predicted octanol–water partition coefficient (Wildman–Crippen LogP) is 3.45. The molecule has 4 rings (SSSR count). The zero-order chi connectivity index (χ0) is 28.5. The van der Waals surface area contributed by atoms with E-state index in [4.69, 9.17) is 47.5 Å². The maximum Gasteiger partial charge on any atom is 0.459 e. The lowest BCUT2D eigenvalue weighted by Gasteiger charge is -2.26. The van der Waals surface area contributed by atoms with Crippen LogP contribution in [0.1, 0.15) is 33.9 Å². The molecular weight excluding hydrogens is 574 g/mol. The summed E-state index contributed by atoms with van der Waals surface area (Å²) in [6, 6.07) is 7.22. The second-order valence-corrected chi connectivity index (χ2v) is 12.2. The maximum atomic E-state index is 13.8. The van der Waals surface area contributed by atoms with Crippen molar-refractivity contribution in [3.05, 3.63) is 41.8 Å². The third-order valence-electron chi connectivity index (χ3n) is 5.80. The number of alkyl halides is 1. The zero-order valence-corrected chi connectivity index (χ0v) is 23.9. The van der Waals surface area contributed by atoms with Crippen molar-refractivity contribution in [3.8, 4) is 5.75 Å². The van der Waals surface area contributed by atoms with E-state index in [0.29, 0.717) is 0 Å². The average molecular weight is 603 g/mol. The summed E-state index contributed by atoms with van der Waals surface area (Å²) < 4.78 is 37.8. The molecule has 16 heteroatoms. The van der Waals surface area contributed by atoms with Crippen molar-refractivity contribution in [1.29, 1.82) is 0 Å². The molecule has 3 aromatic rings. The van der Waals surface area contributed by atoms with Gasteiger partial charge in [-0.15, -0.1) is 11.6 Å². The van der Waals surface area contributed by atoms with Gasteiger partial charge in [0.25, 0.3) is 0 Å². The number of hydrogen-bond acceptors (Lipinski definition) is 11. The van der Waals surface area contributed by atoms with Crippen LogP contribution in [-0.4, -0.2) is 66.4 Å². The third kappa shape index (κ3) is 6.46. The largest absolute Gasteiger partial charge is 0.462 e. The molecule has 39 heavy (non-hydrogen) atoms. The van der Waals surface area contributed by atoms with Crippen molar-refractivity contribution in [3.63, 3.8) is 0 Å². The highest BCUT2D eigenvalue weighted by Crippen LogP contribution is 2.48. The Morgan fingerprint density at radius 3 is 2.67 bits per heavy atom. The molecule has 0 radical (unpaired) electrons. The van der Waals surface area contributed by atoms with Crippen LogP contribution in [0.25, 0.3) is 11.2 Å². The fourth-order valence-electron chi connectivity index (χ4n) is 3.93. The van der Waals surface area contributed by atoms with E-state index in [1.807, 2.05) is 0 Å². The zero-order valence-electron chi connectivity index (χ0n) is 21.5. The molecule has 0 saturated carbocycles. The number of nitrogens with zero attached hydrogens (tertiary/aromatic N) is 4. The Balaban J connectivity index is 1.55. The van der Waals surface area contributed by atoms with E-state index >= 15 is 0 Å². The highest BCUT2D eigenvalue weighted by Gasteiger charge is 2.54. The number of aliphatic hydroxyl groups is 1. The van der Waals surface area contributed by atoms with Crippen molar-refractivity contribution >= 4 is 54.0 Å². The predicted molar refractivity (Wildman–Crippen MR) is 143 cm³/mol. The van der Waals surface area contributed by atoms with Crippen LogP contribution in [0, 0.1) is 0 Å². The smallest absolute Gasteiger partial charge is 0.459 e. The summed E-state index contributed by atoms with van der Waals surface area (Å²) in [5.41, 5.74) is 6.26. The highest BCUT2D eigenvalue weighted by molar-refractivity contribution is 7.52. The van der Waals surface area contributed by atoms with Gasteiger partial charge in [-0.05, 0) is 39.8 Å². The van der Waals surface area contributed by atoms with Crippen LogP contribution in [0.5, 0.6) is 5.75 Å². The molecule has 1 saturated heterocycles. The number of esters is 1. The monoisotopic (exact) mass is 602 g/mol. The first-order valence-corrected chi connectivity index (χ1v) is 14.3. The number of rotatable bonds is 10. The van der Waals surface area contributed by atoms with E-state index in [0.717, 1.165) is 0 Å². The van der Waals surface area contributed by atoms with Crippen LogP contribution in [0.15, 0.2) is 36.7 Å². The number of aromatic nitrogens is 4. The van der Waals surface area contributed by atoms with E-state index in [-0.39, 0.29) is 34.1 Å². The Bertz CT molecular complexity index is 1380. The summed E-state index contributed by atoms with van der Waals surface area (Å²) in [4.78, 5) is 23.2. The second-order valence-electron chi connectivity index (χ2n) is 9.35. The number of aliphatic hydroxyl groups excluding tert-OH is 1. The lowest BCUT2D eigenvalue weighted by atomic mass is 10.0. The van der Waals surface area contributed by atoms with Gasteiger partial charge in [0.2, 0.25) is 5.95 Å². The van der Waals surface area contributed by atoms with Crippen molar-refractivity contribution in [1.82, 2.24) is 24.6 Å². The molecule has 2 aromatic heterocycles. The van der Waals surface area contributed by atoms with Crippen LogP contribution in [0.3, 0.4) is 0 Å². The van der Waals surface area contributed by atoms with Gasteiger partial charge in [-0.3, -0.25) is 13.9 Å². The fraction of sp³-hybridized carbons (Fsp3) is 0.478. The number of nitrogens with two attached hydrogens (primary N) is 1. The number of halogens is 2. The molecule has 6 atom stereocenters. The van der Waals surface area contributed by atoms with Crippen LogP contribution in [-0.2, 0) is 23.4 Å². The fourth-order valence-corrected chi connectivity index (χ4v) is 5.95. The molecule has 0 spiro atoms. The van der Waals surface area contributed by atoms with Gasteiger partial charge < -0.3 is 24.8 Å². The number of hydrogen-bond donors (Lipinski definition) is 3. The first kappa shape index (κ1) is 29.5. The molecule has 0 amide bonds. The number of fused-ring (bicyclic) bond motifs is 1. The van der Waals surface area contributed by atoms with E-state index in [2.05, 4.69) is 20.0 Å². The summed E-state index contributed by atoms with van der Waals surface area (Å²) in [7, 11) is -4.21. The van der Waals surface area contributed by atoms with E-state index in [1.54, 1.807) is 51.1 Å². The molecule has 0 aliphatic carbocycles. The summed E-state index contributed by atoms with van der Waals surface area (Å²) in [6.07, 6.45) is -2.37. The van der Waals surface area contributed by atoms with Crippen molar-refractivity contribution in [2.45, 2.75) is 63.2 Å². The topological polar surface area (TPSA) is 173 Å². The molecule has 13 nitrogen and oxygen atoms in total. The molecule has 1 aliphatic heterocycles. The lowest BCUT2D eigenvalue weighted by Crippen LogP contribution is -2.40. The summed E-state index contributed by atoms with van der Waals surface area (Å²) >= 11 is 12.9. The molecular formula is C23H29Cl2N6O7P. The van der Waals surface area contributed by atoms with Crippen molar-refractivity contribution in [2.75, 3.05) is 12.3 Å². The molecule has 1 unspecified atom stereocenters. The molecule has 1 fully saturated rings. The lowest BCUT2D eigenvalue weighted by molar-refractivity contribution is -0.149. The molecule has 1 aromatic carbocycles. The van der Waals surface area contributed by atoms with Gasteiger partial charge in [0.15, 0.2) is 17.0 Å². The van der Waals surface area contributed by atoms with E-state index in [9.17, 15) is 14.5 Å². The SMILES string of the molecule is CC(C)OC(=O)[C@@H](C)NP(=O)(OC[C@H]1O[C@@H](n2cnc3c(Cl)nc(N)nc32)[C@](C)(Cl)[C@@H]1O)Oc1ccccc1. The van der Waals surface area contributed by atoms with Gasteiger partial charge in [0.1, 0.15) is 34.4 Å². The number of carbonyl (C=O) groups excluding carboxylic acids is 1. The van der Waals surface area contributed by atoms with Gasteiger partial charge in [-0.1, -0.05) is 29.8 Å². The first-order valence-electron chi connectivity index (χ1n) is 12.0. The molecule has 4 N–H and O–H groups in total.